The highest BCUT2D eigenvalue weighted by atomic mass is 14.5. The first-order valence-corrected chi connectivity index (χ1v) is 5.91. The highest BCUT2D eigenvalue weighted by molar-refractivity contribution is 5.10. The van der Waals surface area contributed by atoms with Crippen LogP contribution < -0.4 is 5.73 Å². The lowest BCUT2D eigenvalue weighted by molar-refractivity contribution is 1.40. The van der Waals surface area contributed by atoms with Crippen molar-refractivity contribution in [3.63, 3.8) is 0 Å². The van der Waals surface area contributed by atoms with Gasteiger partial charge in [0.05, 0.1) is 0 Å². The predicted molar refractivity (Wildman–Crippen MR) is 80.5 cm³/mol. The molecule has 0 atom stereocenters. The molecule has 0 saturated heterocycles. The Bertz CT molecular complexity index is 164. The van der Waals surface area contributed by atoms with Crippen LogP contribution in [0.3, 0.4) is 0 Å². The SMILES string of the molecule is C=C/C(C)=C\C.C=C/C(N)=C\C.CC.CC. The highest BCUT2D eigenvalue weighted by Gasteiger charge is 1.67. The van der Waals surface area contributed by atoms with Gasteiger partial charge in [-0.1, -0.05) is 64.7 Å². The molecular weight excluding hydrogens is 194 g/mol. The number of rotatable bonds is 2. The summed E-state index contributed by atoms with van der Waals surface area (Å²) in [6.45, 7) is 20.9. The molecule has 1 heteroatoms. The molecule has 0 unspecified atom stereocenters. The molecule has 0 saturated carbocycles. The second kappa shape index (κ2) is 29.2. The molecule has 0 radical (unpaired) electrons. The topological polar surface area (TPSA) is 26.0 Å². The smallest absolute Gasteiger partial charge is 0.0264 e. The van der Waals surface area contributed by atoms with E-state index in [9.17, 15) is 0 Å². The van der Waals surface area contributed by atoms with Crippen LogP contribution in [0.1, 0.15) is 48.5 Å². The van der Waals surface area contributed by atoms with Gasteiger partial charge in [0.1, 0.15) is 0 Å². The average molecular weight is 225 g/mol. The van der Waals surface area contributed by atoms with E-state index >= 15 is 0 Å². The highest BCUT2D eigenvalue weighted by Crippen LogP contribution is 1.88. The molecule has 0 heterocycles. The Morgan fingerprint density at radius 3 is 1.25 bits per heavy atom. The van der Waals surface area contributed by atoms with Crippen LogP contribution in [0.2, 0.25) is 0 Å². The zero-order valence-corrected chi connectivity index (χ0v) is 12.3. The van der Waals surface area contributed by atoms with Crippen molar-refractivity contribution in [1.82, 2.24) is 0 Å². The largest absolute Gasteiger partial charge is 0.399 e. The Kier molecular flexibility index (Phi) is 44.0. The lowest BCUT2D eigenvalue weighted by Gasteiger charge is -1.80. The van der Waals surface area contributed by atoms with Gasteiger partial charge in [-0.3, -0.25) is 0 Å². The van der Waals surface area contributed by atoms with Crippen LogP contribution in [-0.4, -0.2) is 0 Å². The predicted octanol–water partition coefficient (Wildman–Crippen LogP) is 5.23. The normalized spacial score (nSPS) is 9.19. The van der Waals surface area contributed by atoms with Crippen LogP contribution in [0.4, 0.5) is 0 Å². The Morgan fingerprint density at radius 1 is 0.875 bits per heavy atom. The minimum atomic E-state index is 0.731. The molecule has 0 aromatic carbocycles. The second-order valence-corrected chi connectivity index (χ2v) is 2.23. The fraction of sp³-hybridized carbons (Fsp3) is 0.467. The molecule has 0 aromatic heterocycles. The van der Waals surface area contributed by atoms with Crippen molar-refractivity contribution in [2.24, 2.45) is 5.73 Å². The molecule has 2 N–H and O–H groups in total. The third-order valence-electron chi connectivity index (χ3n) is 1.35. The van der Waals surface area contributed by atoms with E-state index in [1.54, 1.807) is 12.2 Å². The summed E-state index contributed by atoms with van der Waals surface area (Å²) in [5.74, 6) is 0. The third kappa shape index (κ3) is 38.6. The summed E-state index contributed by atoms with van der Waals surface area (Å²) < 4.78 is 0. The van der Waals surface area contributed by atoms with E-state index in [1.807, 2.05) is 60.6 Å². The summed E-state index contributed by atoms with van der Waals surface area (Å²) in [6, 6.07) is 0. The molecule has 0 aliphatic heterocycles. The van der Waals surface area contributed by atoms with Crippen molar-refractivity contribution in [2.75, 3.05) is 0 Å². The van der Waals surface area contributed by atoms with E-state index in [4.69, 9.17) is 5.73 Å². The van der Waals surface area contributed by atoms with Gasteiger partial charge in [-0.25, -0.2) is 0 Å². The van der Waals surface area contributed by atoms with E-state index in [1.165, 1.54) is 5.57 Å². The number of hydrogen-bond acceptors (Lipinski definition) is 1. The first-order valence-electron chi connectivity index (χ1n) is 5.91. The summed E-state index contributed by atoms with van der Waals surface area (Å²) in [4.78, 5) is 0. The van der Waals surface area contributed by atoms with E-state index in [0.29, 0.717) is 0 Å². The van der Waals surface area contributed by atoms with Crippen molar-refractivity contribution in [3.8, 4) is 0 Å². The maximum atomic E-state index is 5.22. The van der Waals surface area contributed by atoms with E-state index < -0.39 is 0 Å². The zero-order chi connectivity index (χ0) is 14.0. The number of hydrogen-bond donors (Lipinski definition) is 1. The van der Waals surface area contributed by atoms with Crippen molar-refractivity contribution in [2.45, 2.75) is 48.5 Å². The lowest BCUT2D eigenvalue weighted by atomic mass is 10.3. The van der Waals surface area contributed by atoms with E-state index in [-0.39, 0.29) is 0 Å². The first-order chi connectivity index (χ1) is 7.62. The molecule has 16 heavy (non-hydrogen) atoms. The molecule has 0 spiro atoms. The maximum Gasteiger partial charge on any atom is 0.0264 e. The van der Waals surface area contributed by atoms with Crippen LogP contribution >= 0.6 is 0 Å². The second-order valence-electron chi connectivity index (χ2n) is 2.23. The standard InChI is InChI=1S/C6H10.C5H9N.2C2H6/c1-4-6(3)5-2;1-3-5(6)4-2;2*1-2/h4-5H,1H2,2-3H3;3-4H,1,6H2,2H3;2*1-2H3/b6-5-;5-4+;;. The van der Waals surface area contributed by atoms with Crippen molar-refractivity contribution in [1.29, 1.82) is 0 Å². The van der Waals surface area contributed by atoms with Gasteiger partial charge < -0.3 is 5.73 Å². The fourth-order valence-electron chi connectivity index (χ4n) is 0.236. The summed E-state index contributed by atoms with van der Waals surface area (Å²) >= 11 is 0. The first kappa shape index (κ1) is 24.1. The Balaban J connectivity index is -0.0000000686. The van der Waals surface area contributed by atoms with Crippen molar-refractivity contribution < 1.29 is 0 Å². The fourth-order valence-corrected chi connectivity index (χ4v) is 0.236. The summed E-state index contributed by atoms with van der Waals surface area (Å²) in [7, 11) is 0. The van der Waals surface area contributed by atoms with Crippen molar-refractivity contribution in [3.05, 3.63) is 48.7 Å². The zero-order valence-electron chi connectivity index (χ0n) is 12.3. The molecular formula is C15H31N. The van der Waals surface area contributed by atoms with Gasteiger partial charge in [0.2, 0.25) is 0 Å². The Hall–Kier alpha value is -1.24. The van der Waals surface area contributed by atoms with Crippen LogP contribution in [0.25, 0.3) is 0 Å². The average Bonchev–Trinajstić information content (AvgIpc) is 2.41. The molecule has 1 nitrogen and oxygen atoms in total. The van der Waals surface area contributed by atoms with Gasteiger partial charge >= 0.3 is 0 Å². The van der Waals surface area contributed by atoms with E-state index in [2.05, 4.69) is 13.2 Å². The van der Waals surface area contributed by atoms with Gasteiger partial charge in [0.25, 0.3) is 0 Å². The van der Waals surface area contributed by atoms with Crippen LogP contribution in [0.15, 0.2) is 48.7 Å². The van der Waals surface area contributed by atoms with Gasteiger partial charge in [0.15, 0.2) is 0 Å². The molecule has 96 valence electrons. The van der Waals surface area contributed by atoms with Gasteiger partial charge in [0, 0.05) is 5.70 Å². The molecule has 0 bridgehead atoms. The molecule has 0 aliphatic rings. The minimum absolute atomic E-state index is 0.731. The van der Waals surface area contributed by atoms with E-state index in [0.717, 1.165) is 5.70 Å². The van der Waals surface area contributed by atoms with Crippen LogP contribution in [0, 0.1) is 0 Å². The monoisotopic (exact) mass is 225 g/mol. The molecule has 0 aliphatic carbocycles. The van der Waals surface area contributed by atoms with Crippen LogP contribution in [-0.2, 0) is 0 Å². The quantitative estimate of drug-likeness (QED) is 0.640. The summed E-state index contributed by atoms with van der Waals surface area (Å²) in [5.41, 5.74) is 7.18. The number of nitrogens with two attached hydrogens (primary N) is 1. The molecule has 0 amide bonds. The number of allylic oxidation sites excluding steroid dienone is 5. The maximum absolute atomic E-state index is 5.22. The minimum Gasteiger partial charge on any atom is -0.399 e. The Labute approximate surface area is 103 Å². The third-order valence-corrected chi connectivity index (χ3v) is 1.35. The lowest BCUT2D eigenvalue weighted by Crippen LogP contribution is -1.88. The van der Waals surface area contributed by atoms with Gasteiger partial charge in [-0.15, -0.1) is 0 Å². The summed E-state index contributed by atoms with van der Waals surface area (Å²) in [5, 5.41) is 0. The molecule has 0 aromatic rings. The summed E-state index contributed by atoms with van der Waals surface area (Å²) in [6.07, 6.45) is 7.26. The van der Waals surface area contributed by atoms with Gasteiger partial charge in [-0.2, -0.15) is 0 Å². The Morgan fingerprint density at radius 2 is 1.25 bits per heavy atom. The van der Waals surface area contributed by atoms with Crippen LogP contribution in [0.5, 0.6) is 0 Å². The van der Waals surface area contributed by atoms with Crippen molar-refractivity contribution >= 4 is 0 Å². The van der Waals surface area contributed by atoms with Gasteiger partial charge in [-0.05, 0) is 26.8 Å². The molecule has 0 rings (SSSR count). The molecule has 0 fully saturated rings.